The van der Waals surface area contributed by atoms with Crippen LogP contribution in [-0.4, -0.2) is 54.5 Å². The summed E-state index contributed by atoms with van der Waals surface area (Å²) in [4.78, 5) is 24.4. The topological polar surface area (TPSA) is 55.8 Å². The van der Waals surface area contributed by atoms with E-state index in [1.165, 1.54) is 4.90 Å². The van der Waals surface area contributed by atoms with Gasteiger partial charge in [0.05, 0.1) is 25.2 Å². The third kappa shape index (κ3) is 3.17. The van der Waals surface area contributed by atoms with Gasteiger partial charge in [0, 0.05) is 6.54 Å². The van der Waals surface area contributed by atoms with E-state index in [1.807, 2.05) is 0 Å². The van der Waals surface area contributed by atoms with Gasteiger partial charge in [-0.3, -0.25) is 9.69 Å². The number of nitrogens with zero attached hydrogens (tertiary/aromatic N) is 1. The summed E-state index contributed by atoms with van der Waals surface area (Å²) < 4.78 is 10.0. The molecular weight excluding hydrogens is 266 g/mol. The Kier molecular flexibility index (Phi) is 5.04. The number of ketones is 1. The number of hydrogen-bond donors (Lipinski definition) is 0. The number of amides is 1. The SMILES string of the molecule is CCOC(=O)N1CCOCC1C(=O)CBr. The second kappa shape index (κ2) is 6.07. The lowest BCUT2D eigenvalue weighted by atomic mass is 10.2. The molecule has 6 heteroatoms. The van der Waals surface area contributed by atoms with Crippen molar-refractivity contribution in [2.24, 2.45) is 0 Å². The van der Waals surface area contributed by atoms with Crippen LogP contribution in [0.4, 0.5) is 4.79 Å². The van der Waals surface area contributed by atoms with Crippen LogP contribution in [0.3, 0.4) is 0 Å². The standard InChI is InChI=1S/C9H14BrNO4/c1-2-15-9(13)11-3-4-14-6-7(11)8(12)5-10/h7H,2-6H2,1H3. The molecule has 1 saturated heterocycles. The third-order valence-corrected chi connectivity index (χ3v) is 2.69. The molecule has 0 aromatic carbocycles. The van der Waals surface area contributed by atoms with Gasteiger partial charge in [-0.05, 0) is 6.92 Å². The van der Waals surface area contributed by atoms with Gasteiger partial charge in [0.15, 0.2) is 5.78 Å². The summed E-state index contributed by atoms with van der Waals surface area (Å²) in [5, 5.41) is 0.219. The Morgan fingerprint density at radius 3 is 2.93 bits per heavy atom. The Morgan fingerprint density at radius 1 is 1.60 bits per heavy atom. The zero-order chi connectivity index (χ0) is 11.3. The maximum absolute atomic E-state index is 11.5. The Hall–Kier alpha value is -0.620. The van der Waals surface area contributed by atoms with Crippen molar-refractivity contribution < 1.29 is 19.1 Å². The number of rotatable bonds is 3. The third-order valence-electron chi connectivity index (χ3n) is 2.13. The van der Waals surface area contributed by atoms with E-state index in [2.05, 4.69) is 15.9 Å². The summed E-state index contributed by atoms with van der Waals surface area (Å²) in [5.41, 5.74) is 0. The number of Topliss-reactive ketones (excluding diaryl/α,β-unsaturated/α-hetero) is 1. The van der Waals surface area contributed by atoms with Crippen molar-refractivity contribution >= 4 is 27.8 Å². The molecule has 1 aliphatic heterocycles. The summed E-state index contributed by atoms with van der Waals surface area (Å²) in [6.45, 7) is 3.15. The minimum atomic E-state index is -0.517. The van der Waals surface area contributed by atoms with E-state index < -0.39 is 12.1 Å². The van der Waals surface area contributed by atoms with Crippen LogP contribution in [0.1, 0.15) is 6.92 Å². The van der Waals surface area contributed by atoms with Crippen LogP contribution in [0, 0.1) is 0 Å². The van der Waals surface area contributed by atoms with E-state index in [4.69, 9.17) is 9.47 Å². The maximum atomic E-state index is 11.5. The minimum Gasteiger partial charge on any atom is -0.450 e. The van der Waals surface area contributed by atoms with Gasteiger partial charge in [0.2, 0.25) is 0 Å². The quantitative estimate of drug-likeness (QED) is 0.718. The van der Waals surface area contributed by atoms with Gasteiger partial charge in [-0.25, -0.2) is 4.79 Å². The molecule has 0 spiro atoms. The fourth-order valence-electron chi connectivity index (χ4n) is 1.38. The molecular formula is C9H14BrNO4. The van der Waals surface area contributed by atoms with Gasteiger partial charge in [0.25, 0.3) is 0 Å². The lowest BCUT2D eigenvalue weighted by Gasteiger charge is -2.33. The normalized spacial score (nSPS) is 21.2. The average molecular weight is 280 g/mol. The molecule has 0 saturated carbocycles. The second-order valence-corrected chi connectivity index (χ2v) is 3.64. The number of alkyl halides is 1. The molecule has 5 nitrogen and oxygen atoms in total. The van der Waals surface area contributed by atoms with Crippen molar-refractivity contribution in [3.63, 3.8) is 0 Å². The summed E-state index contributed by atoms with van der Waals surface area (Å²) in [6, 6.07) is -0.517. The van der Waals surface area contributed by atoms with E-state index >= 15 is 0 Å². The summed E-state index contributed by atoms with van der Waals surface area (Å²) in [6.07, 6.45) is -0.444. The van der Waals surface area contributed by atoms with Crippen LogP contribution >= 0.6 is 15.9 Å². The lowest BCUT2D eigenvalue weighted by Crippen LogP contribution is -2.53. The zero-order valence-electron chi connectivity index (χ0n) is 8.57. The van der Waals surface area contributed by atoms with Crippen molar-refractivity contribution in [2.45, 2.75) is 13.0 Å². The van der Waals surface area contributed by atoms with Crippen LogP contribution in [0.15, 0.2) is 0 Å². The molecule has 0 aromatic heterocycles. The smallest absolute Gasteiger partial charge is 0.410 e. The highest BCUT2D eigenvalue weighted by Crippen LogP contribution is 2.10. The van der Waals surface area contributed by atoms with E-state index in [0.29, 0.717) is 19.8 Å². The summed E-state index contributed by atoms with van der Waals surface area (Å²) >= 11 is 3.08. The van der Waals surface area contributed by atoms with E-state index in [9.17, 15) is 9.59 Å². The average Bonchev–Trinajstić information content (AvgIpc) is 2.28. The predicted molar refractivity (Wildman–Crippen MR) is 57.1 cm³/mol. The van der Waals surface area contributed by atoms with Gasteiger partial charge in [-0.1, -0.05) is 15.9 Å². The molecule has 1 heterocycles. The van der Waals surface area contributed by atoms with Crippen molar-refractivity contribution in [3.05, 3.63) is 0 Å². The van der Waals surface area contributed by atoms with Gasteiger partial charge >= 0.3 is 6.09 Å². The first kappa shape index (κ1) is 12.4. The molecule has 1 rings (SSSR count). The maximum Gasteiger partial charge on any atom is 0.410 e. The van der Waals surface area contributed by atoms with Gasteiger partial charge in [-0.15, -0.1) is 0 Å². The monoisotopic (exact) mass is 279 g/mol. The molecule has 1 atom stereocenters. The number of ether oxygens (including phenoxy) is 2. The molecule has 0 N–H and O–H groups in total. The second-order valence-electron chi connectivity index (χ2n) is 3.08. The van der Waals surface area contributed by atoms with E-state index in [0.717, 1.165) is 0 Å². The summed E-state index contributed by atoms with van der Waals surface area (Å²) in [7, 11) is 0. The van der Waals surface area contributed by atoms with Crippen LogP contribution in [0.2, 0.25) is 0 Å². The van der Waals surface area contributed by atoms with E-state index in [1.54, 1.807) is 6.92 Å². The van der Waals surface area contributed by atoms with Gasteiger partial charge < -0.3 is 9.47 Å². The number of halogens is 1. The molecule has 1 fully saturated rings. The number of hydrogen-bond acceptors (Lipinski definition) is 4. The molecule has 0 radical (unpaired) electrons. The van der Waals surface area contributed by atoms with Crippen LogP contribution in [0.5, 0.6) is 0 Å². The largest absolute Gasteiger partial charge is 0.450 e. The molecule has 86 valence electrons. The van der Waals surface area contributed by atoms with E-state index in [-0.39, 0.29) is 17.7 Å². The fraction of sp³-hybridized carbons (Fsp3) is 0.778. The Labute approximate surface area is 96.8 Å². The lowest BCUT2D eigenvalue weighted by molar-refractivity contribution is -0.126. The van der Waals surface area contributed by atoms with Crippen molar-refractivity contribution in [1.29, 1.82) is 0 Å². The van der Waals surface area contributed by atoms with Gasteiger partial charge in [-0.2, -0.15) is 0 Å². The molecule has 0 aromatic rings. The fourth-order valence-corrected chi connectivity index (χ4v) is 1.76. The number of morpholine rings is 1. The molecule has 1 unspecified atom stereocenters. The Balaban J connectivity index is 2.65. The highest BCUT2D eigenvalue weighted by atomic mass is 79.9. The minimum absolute atomic E-state index is 0.0669. The van der Waals surface area contributed by atoms with Crippen LogP contribution in [-0.2, 0) is 14.3 Å². The van der Waals surface area contributed by atoms with Crippen molar-refractivity contribution in [1.82, 2.24) is 4.90 Å². The zero-order valence-corrected chi connectivity index (χ0v) is 10.2. The molecule has 1 aliphatic rings. The Bertz CT molecular complexity index is 246. The first-order valence-electron chi connectivity index (χ1n) is 4.80. The highest BCUT2D eigenvalue weighted by Gasteiger charge is 2.32. The van der Waals surface area contributed by atoms with Crippen LogP contribution < -0.4 is 0 Å². The number of carbonyl (C=O) groups is 2. The van der Waals surface area contributed by atoms with Gasteiger partial charge in [0.1, 0.15) is 6.04 Å². The van der Waals surface area contributed by atoms with Crippen molar-refractivity contribution in [2.75, 3.05) is 31.7 Å². The molecule has 1 amide bonds. The number of carbonyl (C=O) groups excluding carboxylic acids is 2. The molecule has 0 aliphatic carbocycles. The first-order valence-corrected chi connectivity index (χ1v) is 5.92. The molecule has 15 heavy (non-hydrogen) atoms. The highest BCUT2D eigenvalue weighted by molar-refractivity contribution is 9.09. The Morgan fingerprint density at radius 2 is 2.33 bits per heavy atom. The van der Waals surface area contributed by atoms with Crippen LogP contribution in [0.25, 0.3) is 0 Å². The first-order chi connectivity index (χ1) is 7.20. The van der Waals surface area contributed by atoms with Crippen molar-refractivity contribution in [3.8, 4) is 0 Å². The summed E-state index contributed by atoms with van der Waals surface area (Å²) in [5.74, 6) is -0.0669. The molecule has 0 bridgehead atoms. The predicted octanol–water partition coefficient (Wildman–Crippen LogP) is 0.808.